The summed E-state index contributed by atoms with van der Waals surface area (Å²) < 4.78 is 0. The van der Waals surface area contributed by atoms with E-state index in [2.05, 4.69) is 78.9 Å². The van der Waals surface area contributed by atoms with E-state index in [1.807, 2.05) is 0 Å². The van der Waals surface area contributed by atoms with Gasteiger partial charge in [0.1, 0.15) is 0 Å². The number of rotatable bonds is 0. The first-order chi connectivity index (χ1) is 10.9. The molecule has 1 nitrogen and oxygen atoms in total. The van der Waals surface area contributed by atoms with E-state index >= 15 is 0 Å². The molecule has 3 aliphatic rings. The van der Waals surface area contributed by atoms with Crippen molar-refractivity contribution < 1.29 is 0 Å². The molecular formula is C21H15N. The van der Waals surface area contributed by atoms with E-state index in [-0.39, 0.29) is 5.92 Å². The average molecular weight is 281 g/mol. The molecule has 0 spiro atoms. The van der Waals surface area contributed by atoms with Crippen LogP contribution in [0.25, 0.3) is 11.1 Å². The van der Waals surface area contributed by atoms with Crippen LogP contribution in [0.3, 0.4) is 0 Å². The van der Waals surface area contributed by atoms with Gasteiger partial charge in [0.15, 0.2) is 0 Å². The zero-order valence-corrected chi connectivity index (χ0v) is 12.1. The monoisotopic (exact) mass is 281 g/mol. The molecule has 0 heterocycles. The van der Waals surface area contributed by atoms with Crippen LogP contribution < -0.4 is 0 Å². The van der Waals surface area contributed by atoms with Gasteiger partial charge in [-0.2, -0.15) is 5.26 Å². The maximum absolute atomic E-state index is 10.2. The van der Waals surface area contributed by atoms with Crippen molar-refractivity contribution in [1.29, 1.82) is 5.26 Å². The fourth-order valence-corrected chi connectivity index (χ4v) is 4.89. The van der Waals surface area contributed by atoms with Crippen LogP contribution in [0.4, 0.5) is 0 Å². The molecule has 5 rings (SSSR count). The van der Waals surface area contributed by atoms with Gasteiger partial charge in [-0.1, -0.05) is 72.8 Å². The van der Waals surface area contributed by atoms with Crippen molar-refractivity contribution in [3.8, 4) is 17.2 Å². The third-order valence-corrected chi connectivity index (χ3v) is 5.72. The fourth-order valence-electron chi connectivity index (χ4n) is 4.89. The molecule has 1 fully saturated rings. The van der Waals surface area contributed by atoms with E-state index in [9.17, 15) is 5.26 Å². The second-order valence-electron chi connectivity index (χ2n) is 6.46. The summed E-state index contributed by atoms with van der Waals surface area (Å²) in [5, 5.41) is 10.2. The highest BCUT2D eigenvalue weighted by Crippen LogP contribution is 2.68. The first kappa shape index (κ1) is 12.0. The summed E-state index contributed by atoms with van der Waals surface area (Å²) in [5.41, 5.74) is 4.68. The molecule has 0 aromatic heterocycles. The molecule has 3 aliphatic carbocycles. The lowest BCUT2D eigenvalue weighted by Crippen LogP contribution is -2.58. The zero-order valence-electron chi connectivity index (χ0n) is 12.1. The molecule has 2 unspecified atom stereocenters. The Labute approximate surface area is 130 Å². The van der Waals surface area contributed by atoms with Gasteiger partial charge >= 0.3 is 0 Å². The minimum Gasteiger partial charge on any atom is -0.197 e. The number of fused-ring (bicyclic) bond motifs is 9. The highest BCUT2D eigenvalue weighted by atomic mass is 14.7. The zero-order chi connectivity index (χ0) is 14.7. The second-order valence-corrected chi connectivity index (χ2v) is 6.46. The molecule has 2 aromatic rings. The van der Waals surface area contributed by atoms with Gasteiger partial charge in [0.2, 0.25) is 0 Å². The molecule has 1 heteroatoms. The number of hydrogen-bond donors (Lipinski definition) is 0. The van der Waals surface area contributed by atoms with Crippen LogP contribution in [-0.2, 0) is 5.41 Å². The Morgan fingerprint density at radius 2 is 1.59 bits per heavy atom. The van der Waals surface area contributed by atoms with Crippen molar-refractivity contribution in [1.82, 2.24) is 0 Å². The molecule has 0 amide bonds. The summed E-state index contributed by atoms with van der Waals surface area (Å²) >= 11 is 0. The molecule has 1 saturated carbocycles. The summed E-state index contributed by atoms with van der Waals surface area (Å²) in [4.78, 5) is 0. The highest BCUT2D eigenvalue weighted by molar-refractivity contribution is 5.79. The van der Waals surface area contributed by atoms with E-state index in [1.54, 1.807) is 0 Å². The van der Waals surface area contributed by atoms with Gasteiger partial charge in [-0.05, 0) is 28.2 Å². The minimum absolute atomic E-state index is 0.273. The maximum Gasteiger partial charge on any atom is 0.0970 e. The number of nitrogens with zero attached hydrogens (tertiary/aromatic N) is 1. The second kappa shape index (κ2) is 3.99. The molecular weight excluding hydrogens is 266 g/mol. The van der Waals surface area contributed by atoms with Gasteiger partial charge in [0, 0.05) is 11.8 Å². The molecule has 0 radical (unpaired) electrons. The van der Waals surface area contributed by atoms with Gasteiger partial charge in [0.05, 0.1) is 11.5 Å². The quantitative estimate of drug-likeness (QED) is 0.693. The van der Waals surface area contributed by atoms with Crippen LogP contribution in [0.2, 0.25) is 0 Å². The number of benzene rings is 2. The van der Waals surface area contributed by atoms with Crippen LogP contribution in [0.5, 0.6) is 0 Å². The smallest absolute Gasteiger partial charge is 0.0970 e. The topological polar surface area (TPSA) is 23.8 Å². The SMILES string of the molecule is N#C[C@@]12c3ccccc3-c3ccccc3[C@@H]1C1C=CC=CC12. The summed E-state index contributed by atoms with van der Waals surface area (Å²) in [7, 11) is 0. The van der Waals surface area contributed by atoms with E-state index in [1.165, 1.54) is 22.3 Å². The number of hydrogen-bond acceptors (Lipinski definition) is 1. The lowest BCUT2D eigenvalue weighted by Gasteiger charge is -2.60. The maximum atomic E-state index is 10.2. The van der Waals surface area contributed by atoms with Gasteiger partial charge in [0.25, 0.3) is 0 Å². The molecule has 0 aliphatic heterocycles. The Morgan fingerprint density at radius 3 is 2.45 bits per heavy atom. The van der Waals surface area contributed by atoms with Gasteiger partial charge in [-0.3, -0.25) is 0 Å². The number of allylic oxidation sites excluding steroid dienone is 4. The lowest BCUT2D eigenvalue weighted by atomic mass is 9.40. The summed E-state index contributed by atoms with van der Waals surface area (Å²) in [6.07, 6.45) is 8.75. The largest absolute Gasteiger partial charge is 0.197 e. The highest BCUT2D eigenvalue weighted by Gasteiger charge is 2.64. The Morgan fingerprint density at radius 1 is 0.864 bits per heavy atom. The van der Waals surface area contributed by atoms with Crippen LogP contribution >= 0.6 is 0 Å². The van der Waals surface area contributed by atoms with E-state index in [0.717, 1.165) is 0 Å². The first-order valence-electron chi connectivity index (χ1n) is 7.83. The minimum atomic E-state index is -0.406. The van der Waals surface area contributed by atoms with E-state index in [0.29, 0.717) is 11.8 Å². The normalized spacial score (nSPS) is 32.8. The molecule has 0 N–H and O–H groups in total. The lowest BCUT2D eigenvalue weighted by molar-refractivity contribution is 0.106. The van der Waals surface area contributed by atoms with Crippen molar-refractivity contribution in [2.75, 3.05) is 0 Å². The molecule has 0 saturated heterocycles. The van der Waals surface area contributed by atoms with Crippen molar-refractivity contribution >= 4 is 0 Å². The Hall–Kier alpha value is -2.59. The molecule has 104 valence electrons. The van der Waals surface area contributed by atoms with Crippen LogP contribution in [0, 0.1) is 23.2 Å². The van der Waals surface area contributed by atoms with Crippen molar-refractivity contribution in [2.24, 2.45) is 11.8 Å². The van der Waals surface area contributed by atoms with Gasteiger partial charge in [-0.25, -0.2) is 0 Å². The first-order valence-corrected chi connectivity index (χ1v) is 7.83. The molecule has 4 atom stereocenters. The van der Waals surface area contributed by atoms with Crippen LogP contribution in [0.15, 0.2) is 72.8 Å². The van der Waals surface area contributed by atoms with Crippen LogP contribution in [0.1, 0.15) is 17.0 Å². The predicted molar refractivity (Wildman–Crippen MR) is 87.2 cm³/mol. The van der Waals surface area contributed by atoms with Crippen molar-refractivity contribution in [3.63, 3.8) is 0 Å². The number of nitriles is 1. The van der Waals surface area contributed by atoms with Crippen molar-refractivity contribution in [3.05, 3.63) is 84.0 Å². The molecule has 22 heavy (non-hydrogen) atoms. The third kappa shape index (κ3) is 1.17. The van der Waals surface area contributed by atoms with Gasteiger partial charge in [-0.15, -0.1) is 0 Å². The Kier molecular flexibility index (Phi) is 2.18. The predicted octanol–water partition coefficient (Wildman–Crippen LogP) is 4.58. The third-order valence-electron chi connectivity index (χ3n) is 5.72. The summed E-state index contributed by atoms with van der Waals surface area (Å²) in [6, 6.07) is 19.8. The Balaban J connectivity index is 1.87. The van der Waals surface area contributed by atoms with Crippen molar-refractivity contribution in [2.45, 2.75) is 11.3 Å². The fraction of sp³-hybridized carbons (Fsp3) is 0.190. The average Bonchev–Trinajstić information content (AvgIpc) is 2.58. The van der Waals surface area contributed by atoms with Crippen LogP contribution in [-0.4, -0.2) is 0 Å². The van der Waals surface area contributed by atoms with Gasteiger partial charge < -0.3 is 0 Å². The van der Waals surface area contributed by atoms with E-state index < -0.39 is 5.41 Å². The Bertz CT molecular complexity index is 883. The standard InChI is InChI=1S/C21H15N/c22-13-21-18-11-5-3-8-15(18)14-7-1-2-9-16(14)20(21)17-10-4-6-12-19(17)21/h1-12,17,19-20H/t17?,19?,20-,21+/m1/s1. The molecule has 2 aromatic carbocycles. The molecule has 0 bridgehead atoms. The van der Waals surface area contributed by atoms with E-state index in [4.69, 9.17) is 0 Å². The summed E-state index contributed by atoms with van der Waals surface area (Å²) in [5.74, 6) is 1.01. The summed E-state index contributed by atoms with van der Waals surface area (Å²) in [6.45, 7) is 0.